The average molecular weight is 235 g/mol. The summed E-state index contributed by atoms with van der Waals surface area (Å²) >= 11 is 0. The van der Waals surface area contributed by atoms with Crippen molar-refractivity contribution in [1.29, 1.82) is 0 Å². The second kappa shape index (κ2) is 5.21. The fourth-order valence-corrected chi connectivity index (χ4v) is 3.21. The number of hydrogen-bond acceptors (Lipinski definition) is 2. The largest absolute Gasteiger partial charge is 0.310 e. The van der Waals surface area contributed by atoms with E-state index in [2.05, 4.69) is 30.5 Å². The Balaban J connectivity index is 2.21. The van der Waals surface area contributed by atoms with Gasteiger partial charge in [0.2, 0.25) is 0 Å². The van der Waals surface area contributed by atoms with Crippen LogP contribution in [0.1, 0.15) is 57.6 Å². The molecule has 1 atom stereocenters. The molecule has 0 bridgehead atoms. The standard InChI is InChI=1S/C14H25N3/c1-4-15-13(12-10-16-17(3)11-12)14(2)8-6-5-7-9-14/h10-11,13,15H,4-9H2,1-3H3. The lowest BCUT2D eigenvalue weighted by Gasteiger charge is -2.41. The minimum atomic E-state index is 0.400. The minimum absolute atomic E-state index is 0.400. The molecule has 1 N–H and O–H groups in total. The third kappa shape index (κ3) is 2.71. The van der Waals surface area contributed by atoms with Crippen molar-refractivity contribution < 1.29 is 0 Å². The molecule has 1 unspecified atom stereocenters. The summed E-state index contributed by atoms with van der Waals surface area (Å²) in [6, 6.07) is 0.460. The van der Waals surface area contributed by atoms with Crippen molar-refractivity contribution >= 4 is 0 Å². The van der Waals surface area contributed by atoms with Crippen molar-refractivity contribution in [3.05, 3.63) is 18.0 Å². The van der Waals surface area contributed by atoms with E-state index >= 15 is 0 Å². The lowest BCUT2D eigenvalue weighted by molar-refractivity contribution is 0.146. The number of aryl methyl sites for hydroxylation is 1. The molecule has 17 heavy (non-hydrogen) atoms. The Hall–Kier alpha value is -0.830. The lowest BCUT2D eigenvalue weighted by Crippen LogP contribution is -2.37. The average Bonchev–Trinajstić information content (AvgIpc) is 2.73. The molecule has 1 aromatic rings. The highest BCUT2D eigenvalue weighted by Crippen LogP contribution is 2.45. The topological polar surface area (TPSA) is 29.9 Å². The zero-order valence-electron chi connectivity index (χ0n) is 11.4. The van der Waals surface area contributed by atoms with Gasteiger partial charge in [0.1, 0.15) is 0 Å². The van der Waals surface area contributed by atoms with E-state index in [1.165, 1.54) is 37.7 Å². The summed E-state index contributed by atoms with van der Waals surface area (Å²) in [7, 11) is 2.00. The quantitative estimate of drug-likeness (QED) is 0.869. The molecule has 1 aromatic heterocycles. The van der Waals surface area contributed by atoms with E-state index < -0.39 is 0 Å². The van der Waals surface area contributed by atoms with Crippen LogP contribution in [0.5, 0.6) is 0 Å². The summed E-state index contributed by atoms with van der Waals surface area (Å²) in [5.41, 5.74) is 1.75. The SMILES string of the molecule is CCNC(c1cnn(C)c1)C1(C)CCCCC1. The van der Waals surface area contributed by atoms with Crippen molar-refractivity contribution in [2.75, 3.05) is 6.54 Å². The number of nitrogens with one attached hydrogen (secondary N) is 1. The van der Waals surface area contributed by atoms with Crippen molar-refractivity contribution in [1.82, 2.24) is 15.1 Å². The van der Waals surface area contributed by atoms with Crippen molar-refractivity contribution in [3.63, 3.8) is 0 Å². The van der Waals surface area contributed by atoms with Gasteiger partial charge in [-0.1, -0.05) is 33.1 Å². The van der Waals surface area contributed by atoms with Gasteiger partial charge < -0.3 is 5.32 Å². The summed E-state index contributed by atoms with van der Waals surface area (Å²) < 4.78 is 1.91. The van der Waals surface area contributed by atoms with E-state index in [1.807, 2.05) is 17.9 Å². The van der Waals surface area contributed by atoms with Crippen LogP contribution in [-0.4, -0.2) is 16.3 Å². The molecule has 2 rings (SSSR count). The summed E-state index contributed by atoms with van der Waals surface area (Å²) in [5.74, 6) is 0. The van der Waals surface area contributed by atoms with Gasteiger partial charge in [-0.3, -0.25) is 4.68 Å². The predicted molar refractivity (Wildman–Crippen MR) is 70.8 cm³/mol. The Labute approximate surface area is 105 Å². The van der Waals surface area contributed by atoms with Crippen LogP contribution in [0.4, 0.5) is 0 Å². The van der Waals surface area contributed by atoms with Crippen LogP contribution in [0.25, 0.3) is 0 Å². The molecule has 1 fully saturated rings. The summed E-state index contributed by atoms with van der Waals surface area (Å²) in [4.78, 5) is 0. The molecule has 3 nitrogen and oxygen atoms in total. The third-order valence-corrected chi connectivity index (χ3v) is 4.16. The zero-order valence-corrected chi connectivity index (χ0v) is 11.4. The van der Waals surface area contributed by atoms with Gasteiger partial charge in [0.25, 0.3) is 0 Å². The monoisotopic (exact) mass is 235 g/mol. The molecule has 96 valence electrons. The van der Waals surface area contributed by atoms with Gasteiger partial charge >= 0.3 is 0 Å². The van der Waals surface area contributed by atoms with Crippen LogP contribution < -0.4 is 5.32 Å². The third-order valence-electron chi connectivity index (χ3n) is 4.16. The number of nitrogens with zero attached hydrogens (tertiary/aromatic N) is 2. The first-order valence-corrected chi connectivity index (χ1v) is 6.87. The normalized spacial score (nSPS) is 21.4. The first-order valence-electron chi connectivity index (χ1n) is 6.87. The number of rotatable bonds is 4. The van der Waals surface area contributed by atoms with Crippen molar-refractivity contribution in [2.24, 2.45) is 12.5 Å². The first kappa shape index (κ1) is 12.6. The van der Waals surface area contributed by atoms with Crippen LogP contribution in [-0.2, 0) is 7.05 Å². The van der Waals surface area contributed by atoms with Gasteiger partial charge in [-0.25, -0.2) is 0 Å². The molecule has 0 spiro atoms. The highest BCUT2D eigenvalue weighted by Gasteiger charge is 2.36. The molecule has 0 aromatic carbocycles. The smallest absolute Gasteiger partial charge is 0.0537 e. The highest BCUT2D eigenvalue weighted by molar-refractivity contribution is 5.14. The van der Waals surface area contributed by atoms with Gasteiger partial charge in [-0.15, -0.1) is 0 Å². The molecule has 1 saturated carbocycles. The van der Waals surface area contributed by atoms with E-state index in [0.29, 0.717) is 11.5 Å². The van der Waals surface area contributed by atoms with E-state index in [1.54, 1.807) is 0 Å². The predicted octanol–water partition coefficient (Wildman–Crippen LogP) is 3.04. The zero-order chi connectivity index (χ0) is 12.3. The lowest BCUT2D eigenvalue weighted by atomic mass is 9.69. The summed E-state index contributed by atoms with van der Waals surface area (Å²) in [6.45, 7) is 5.65. The molecule has 1 aliphatic rings. The minimum Gasteiger partial charge on any atom is -0.310 e. The molecular formula is C14H25N3. The Morgan fingerprint density at radius 3 is 2.65 bits per heavy atom. The van der Waals surface area contributed by atoms with Gasteiger partial charge in [-0.05, 0) is 24.8 Å². The van der Waals surface area contributed by atoms with Gasteiger partial charge in [-0.2, -0.15) is 5.10 Å². The van der Waals surface area contributed by atoms with Crippen LogP contribution in [0.3, 0.4) is 0 Å². The van der Waals surface area contributed by atoms with E-state index in [-0.39, 0.29) is 0 Å². The maximum Gasteiger partial charge on any atom is 0.0537 e. The second-order valence-electron chi connectivity index (χ2n) is 5.65. The first-order chi connectivity index (χ1) is 8.15. The Bertz CT molecular complexity index is 350. The van der Waals surface area contributed by atoms with Crippen LogP contribution in [0, 0.1) is 5.41 Å². The molecule has 3 heteroatoms. The van der Waals surface area contributed by atoms with Crippen molar-refractivity contribution in [2.45, 2.75) is 52.0 Å². The van der Waals surface area contributed by atoms with E-state index in [9.17, 15) is 0 Å². The Morgan fingerprint density at radius 1 is 1.41 bits per heavy atom. The summed E-state index contributed by atoms with van der Waals surface area (Å²) in [5, 5.41) is 7.99. The molecular weight excluding hydrogens is 210 g/mol. The van der Waals surface area contributed by atoms with Crippen LogP contribution in [0.2, 0.25) is 0 Å². The molecule has 0 radical (unpaired) electrons. The van der Waals surface area contributed by atoms with Gasteiger partial charge in [0.05, 0.1) is 6.20 Å². The summed E-state index contributed by atoms with van der Waals surface area (Å²) in [6.07, 6.45) is 11.0. The van der Waals surface area contributed by atoms with Gasteiger partial charge in [0, 0.05) is 24.8 Å². The maximum atomic E-state index is 4.32. The van der Waals surface area contributed by atoms with E-state index in [0.717, 1.165) is 6.54 Å². The molecule has 0 aliphatic heterocycles. The fourth-order valence-electron chi connectivity index (χ4n) is 3.21. The molecule has 0 saturated heterocycles. The maximum absolute atomic E-state index is 4.32. The number of hydrogen-bond donors (Lipinski definition) is 1. The van der Waals surface area contributed by atoms with Gasteiger partial charge in [0.15, 0.2) is 0 Å². The molecule has 0 amide bonds. The molecule has 1 heterocycles. The Kier molecular flexibility index (Phi) is 3.87. The molecule has 1 aliphatic carbocycles. The van der Waals surface area contributed by atoms with Crippen LogP contribution >= 0.6 is 0 Å². The van der Waals surface area contributed by atoms with Crippen molar-refractivity contribution in [3.8, 4) is 0 Å². The fraction of sp³-hybridized carbons (Fsp3) is 0.786. The number of aromatic nitrogens is 2. The Morgan fingerprint density at radius 2 is 2.12 bits per heavy atom. The van der Waals surface area contributed by atoms with E-state index in [4.69, 9.17) is 0 Å². The second-order valence-corrected chi connectivity index (χ2v) is 5.65. The highest BCUT2D eigenvalue weighted by atomic mass is 15.2. The van der Waals surface area contributed by atoms with Crippen LogP contribution in [0.15, 0.2) is 12.4 Å².